The molecule has 2 rings (SSSR count). The first-order valence-electron chi connectivity index (χ1n) is 5.29. The highest BCUT2D eigenvalue weighted by atomic mass is 16.3. The predicted molar refractivity (Wildman–Crippen MR) is 59.7 cm³/mol. The molecule has 0 radical (unpaired) electrons. The molecular formula is C12H15N2O2+. The van der Waals surface area contributed by atoms with Crippen LogP contribution in [0.3, 0.4) is 0 Å². The van der Waals surface area contributed by atoms with Gasteiger partial charge in [-0.3, -0.25) is 9.69 Å². The summed E-state index contributed by atoms with van der Waals surface area (Å²) >= 11 is 0. The number of carbonyl (C=O) groups is 1. The van der Waals surface area contributed by atoms with E-state index < -0.39 is 11.7 Å². The molecule has 1 unspecified atom stereocenters. The standard InChI is InChI=1S/C12H15N2O2/c1-12(2)8-14(16)11(13(12)9-15)10-6-4-3-5-7-10/h3-7,9,11H,8H2,1-2H3/q+1. The molecule has 0 bridgehead atoms. The minimum Gasteiger partial charge on any atom is -0.278 e. The average Bonchev–Trinajstić information content (AvgIpc) is 2.48. The van der Waals surface area contributed by atoms with Crippen molar-refractivity contribution >= 4 is 6.41 Å². The topological polar surface area (TPSA) is 40.4 Å². The van der Waals surface area contributed by atoms with Crippen LogP contribution in [-0.4, -0.2) is 28.2 Å². The lowest BCUT2D eigenvalue weighted by atomic mass is 10.1. The Kier molecular flexibility index (Phi) is 2.50. The normalized spacial score (nSPS) is 23.5. The lowest BCUT2D eigenvalue weighted by Gasteiger charge is -2.24. The second kappa shape index (κ2) is 3.70. The van der Waals surface area contributed by atoms with E-state index in [1.165, 1.54) is 0 Å². The van der Waals surface area contributed by atoms with E-state index in [4.69, 9.17) is 0 Å². The van der Waals surface area contributed by atoms with Gasteiger partial charge in [0.05, 0.1) is 0 Å². The SMILES string of the molecule is CC1(C)C[N+](=O)C(c2ccccc2)N1C=O. The van der Waals surface area contributed by atoms with Crippen LogP contribution in [0.1, 0.15) is 25.6 Å². The lowest BCUT2D eigenvalue weighted by molar-refractivity contribution is -0.582. The molecule has 0 aliphatic carbocycles. The molecule has 1 fully saturated rings. The van der Waals surface area contributed by atoms with Gasteiger partial charge in [-0.15, -0.1) is 0 Å². The second-order valence-corrected chi connectivity index (χ2v) is 4.68. The molecule has 4 nitrogen and oxygen atoms in total. The molecule has 1 atom stereocenters. The third kappa shape index (κ3) is 1.60. The molecule has 1 aliphatic heterocycles. The molecule has 1 saturated heterocycles. The third-order valence-electron chi connectivity index (χ3n) is 2.99. The van der Waals surface area contributed by atoms with Crippen LogP contribution in [0, 0.1) is 4.91 Å². The number of hydrogen-bond acceptors (Lipinski definition) is 2. The van der Waals surface area contributed by atoms with E-state index in [2.05, 4.69) is 0 Å². The van der Waals surface area contributed by atoms with Gasteiger partial charge in [-0.05, 0) is 13.8 Å². The predicted octanol–water partition coefficient (Wildman–Crippen LogP) is 1.71. The van der Waals surface area contributed by atoms with Crippen molar-refractivity contribution in [3.63, 3.8) is 0 Å². The van der Waals surface area contributed by atoms with Gasteiger partial charge in [-0.2, -0.15) is 0 Å². The molecule has 1 aromatic carbocycles. The Morgan fingerprint density at radius 2 is 2.00 bits per heavy atom. The first-order valence-corrected chi connectivity index (χ1v) is 5.29. The van der Waals surface area contributed by atoms with Gasteiger partial charge in [-0.25, -0.2) is 0 Å². The summed E-state index contributed by atoms with van der Waals surface area (Å²) in [5.41, 5.74) is 0.444. The minimum absolute atomic E-state index is 0.339. The molecule has 0 N–H and O–H groups in total. The summed E-state index contributed by atoms with van der Waals surface area (Å²) in [5.74, 6) is 0. The van der Waals surface area contributed by atoms with Gasteiger partial charge in [0.15, 0.2) is 0 Å². The molecule has 0 saturated carbocycles. The van der Waals surface area contributed by atoms with Gasteiger partial charge in [0, 0.05) is 15.2 Å². The Morgan fingerprint density at radius 3 is 2.56 bits per heavy atom. The molecule has 4 heteroatoms. The fourth-order valence-corrected chi connectivity index (χ4v) is 2.17. The van der Waals surface area contributed by atoms with Gasteiger partial charge in [0.2, 0.25) is 13.0 Å². The van der Waals surface area contributed by atoms with Crippen LogP contribution in [0.5, 0.6) is 0 Å². The summed E-state index contributed by atoms with van der Waals surface area (Å²) in [7, 11) is 0. The Labute approximate surface area is 94.4 Å². The van der Waals surface area contributed by atoms with Crippen molar-refractivity contribution < 1.29 is 9.55 Å². The Hall–Kier alpha value is -1.71. The number of carbonyl (C=O) groups excluding carboxylic acids is 1. The van der Waals surface area contributed by atoms with Crippen molar-refractivity contribution in [1.29, 1.82) is 0 Å². The molecule has 84 valence electrons. The second-order valence-electron chi connectivity index (χ2n) is 4.68. The van der Waals surface area contributed by atoms with Crippen LogP contribution in [0.4, 0.5) is 0 Å². The van der Waals surface area contributed by atoms with Crippen LogP contribution in [0.15, 0.2) is 30.3 Å². The van der Waals surface area contributed by atoms with Crippen LogP contribution >= 0.6 is 0 Å². The maximum Gasteiger partial charge on any atom is 0.305 e. The molecule has 1 aromatic rings. The van der Waals surface area contributed by atoms with E-state index in [9.17, 15) is 9.70 Å². The van der Waals surface area contributed by atoms with E-state index in [0.717, 1.165) is 16.7 Å². The zero-order valence-corrected chi connectivity index (χ0v) is 9.46. The molecule has 0 aromatic heterocycles. The average molecular weight is 219 g/mol. The number of rotatable bonds is 2. The monoisotopic (exact) mass is 219 g/mol. The molecule has 1 amide bonds. The first kappa shape index (κ1) is 10.8. The van der Waals surface area contributed by atoms with Gasteiger partial charge < -0.3 is 0 Å². The molecule has 0 spiro atoms. The van der Waals surface area contributed by atoms with E-state index in [0.29, 0.717) is 6.54 Å². The van der Waals surface area contributed by atoms with Crippen molar-refractivity contribution in [2.75, 3.05) is 6.54 Å². The van der Waals surface area contributed by atoms with Crippen molar-refractivity contribution in [2.45, 2.75) is 25.6 Å². The molecule has 1 heterocycles. The number of nitroso groups, excluding NO2 is 1. The maximum absolute atomic E-state index is 11.9. The highest BCUT2D eigenvalue weighted by molar-refractivity contribution is 5.50. The quantitative estimate of drug-likeness (QED) is 0.561. The summed E-state index contributed by atoms with van der Waals surface area (Å²) in [6.45, 7) is 4.13. The smallest absolute Gasteiger partial charge is 0.278 e. The zero-order chi connectivity index (χ0) is 11.8. The zero-order valence-electron chi connectivity index (χ0n) is 9.46. The Morgan fingerprint density at radius 1 is 1.38 bits per heavy atom. The van der Waals surface area contributed by atoms with Crippen LogP contribution in [-0.2, 0) is 4.79 Å². The van der Waals surface area contributed by atoms with Gasteiger partial charge in [-0.1, -0.05) is 30.3 Å². The Balaban J connectivity index is 2.41. The van der Waals surface area contributed by atoms with E-state index in [-0.39, 0.29) is 0 Å². The maximum atomic E-state index is 11.9. The van der Waals surface area contributed by atoms with Crippen LogP contribution < -0.4 is 0 Å². The molecular weight excluding hydrogens is 204 g/mol. The van der Waals surface area contributed by atoms with Crippen molar-refractivity contribution in [3.05, 3.63) is 40.8 Å². The minimum atomic E-state index is -0.492. The summed E-state index contributed by atoms with van der Waals surface area (Å²) in [6.07, 6.45) is 0.268. The van der Waals surface area contributed by atoms with Crippen LogP contribution in [0.25, 0.3) is 0 Å². The number of benzene rings is 1. The lowest BCUT2D eigenvalue weighted by Crippen LogP contribution is -2.40. The summed E-state index contributed by atoms with van der Waals surface area (Å²) in [5, 5.41) is 0. The summed E-state index contributed by atoms with van der Waals surface area (Å²) < 4.78 is 0.962. The highest BCUT2D eigenvalue weighted by Crippen LogP contribution is 2.34. The van der Waals surface area contributed by atoms with E-state index in [1.807, 2.05) is 44.2 Å². The van der Waals surface area contributed by atoms with Crippen molar-refractivity contribution in [2.24, 2.45) is 0 Å². The Bertz CT molecular complexity index is 414. The fraction of sp³-hybridized carbons (Fsp3) is 0.417. The van der Waals surface area contributed by atoms with E-state index >= 15 is 0 Å². The number of amides is 1. The fourth-order valence-electron chi connectivity index (χ4n) is 2.17. The van der Waals surface area contributed by atoms with Gasteiger partial charge >= 0.3 is 6.17 Å². The number of nitrogens with zero attached hydrogens (tertiary/aromatic N) is 2. The highest BCUT2D eigenvalue weighted by Gasteiger charge is 2.52. The largest absolute Gasteiger partial charge is 0.305 e. The third-order valence-corrected chi connectivity index (χ3v) is 2.99. The molecule has 1 aliphatic rings. The summed E-state index contributed by atoms with van der Waals surface area (Å²) in [4.78, 5) is 24.6. The van der Waals surface area contributed by atoms with Gasteiger partial charge in [0.1, 0.15) is 5.54 Å². The van der Waals surface area contributed by atoms with Gasteiger partial charge in [0.25, 0.3) is 0 Å². The van der Waals surface area contributed by atoms with Crippen molar-refractivity contribution in [1.82, 2.24) is 4.90 Å². The molecule has 16 heavy (non-hydrogen) atoms. The van der Waals surface area contributed by atoms with Crippen molar-refractivity contribution in [3.8, 4) is 0 Å². The first-order chi connectivity index (χ1) is 7.56. The van der Waals surface area contributed by atoms with E-state index in [1.54, 1.807) is 4.90 Å². The van der Waals surface area contributed by atoms with Crippen LogP contribution in [0.2, 0.25) is 0 Å². The number of hydrogen-bond donors (Lipinski definition) is 0. The summed E-state index contributed by atoms with van der Waals surface area (Å²) in [6, 6.07) is 9.37.